The van der Waals surface area contributed by atoms with E-state index in [9.17, 15) is 27.2 Å². The van der Waals surface area contributed by atoms with Crippen molar-refractivity contribution < 1.29 is 27.2 Å². The predicted octanol–water partition coefficient (Wildman–Crippen LogP) is 1.59. The molecule has 5 N–H and O–H groups in total. The largest absolute Gasteiger partial charge is 0.366 e. The summed E-state index contributed by atoms with van der Waals surface area (Å²) in [5.74, 6) is -1.65. The number of nitrogens with zero attached hydrogens (tertiary/aromatic N) is 4. The number of nitrogens with one attached hydrogen (secondary N) is 1. The smallest absolute Gasteiger partial charge is 0.250 e. The summed E-state index contributed by atoms with van der Waals surface area (Å²) in [6.45, 7) is -0.476. The standard InChI is InChI=1S/C29H28FN7O5S/c30-19-11-26(29(40)35-24-5-1-17-9-20(43(32,41)42)3-4-21(17)24)37(13-19)27(38)15-36-14-23(28(31)39)22-10-16(2-6-25(22)36)18-7-8-33-34-12-18/h2-4,6-10,12,14,19,24,26H,1,5,11,13,15H2,(H2,31,39)(H,35,40)(H2,32,41,42). The van der Waals surface area contributed by atoms with Crippen molar-refractivity contribution in [1.82, 2.24) is 25.0 Å². The number of likely N-dealkylation sites (tertiary alicyclic amines) is 1. The Morgan fingerprint density at radius 3 is 2.60 bits per heavy atom. The van der Waals surface area contributed by atoms with Gasteiger partial charge in [0.15, 0.2) is 0 Å². The molecule has 0 bridgehead atoms. The van der Waals surface area contributed by atoms with Crippen molar-refractivity contribution in [3.05, 3.63) is 77.7 Å². The fraction of sp³-hybridized carbons (Fsp3) is 0.276. The number of carbonyl (C=O) groups excluding carboxylic acids is 3. The number of primary amides is 1. The fourth-order valence-corrected chi connectivity index (χ4v) is 6.56. The van der Waals surface area contributed by atoms with Crippen LogP contribution in [0.5, 0.6) is 0 Å². The number of rotatable bonds is 7. The van der Waals surface area contributed by atoms with E-state index < -0.39 is 46.0 Å². The first-order valence-corrected chi connectivity index (χ1v) is 15.1. The van der Waals surface area contributed by atoms with Crippen LogP contribution < -0.4 is 16.2 Å². The quantitative estimate of drug-likeness (QED) is 0.286. The van der Waals surface area contributed by atoms with E-state index in [4.69, 9.17) is 10.9 Å². The Morgan fingerprint density at radius 1 is 1.07 bits per heavy atom. The van der Waals surface area contributed by atoms with Crippen LogP contribution in [-0.2, 0) is 32.6 Å². The highest BCUT2D eigenvalue weighted by molar-refractivity contribution is 7.89. The number of benzene rings is 2. The van der Waals surface area contributed by atoms with Gasteiger partial charge in [-0.25, -0.2) is 17.9 Å². The number of primary sulfonamides is 1. The van der Waals surface area contributed by atoms with Crippen molar-refractivity contribution in [2.45, 2.75) is 49.0 Å². The van der Waals surface area contributed by atoms with Crippen molar-refractivity contribution in [3.63, 3.8) is 0 Å². The molecule has 1 aliphatic heterocycles. The van der Waals surface area contributed by atoms with Crippen LogP contribution in [0.25, 0.3) is 22.0 Å². The number of fused-ring (bicyclic) bond motifs is 2. The molecule has 2 aromatic heterocycles. The lowest BCUT2D eigenvalue weighted by Gasteiger charge is -2.26. The Morgan fingerprint density at radius 2 is 1.88 bits per heavy atom. The number of alkyl halides is 1. The zero-order valence-corrected chi connectivity index (χ0v) is 23.6. The second-order valence-corrected chi connectivity index (χ2v) is 12.4. The fourth-order valence-electron chi connectivity index (χ4n) is 6.00. The van der Waals surface area contributed by atoms with Crippen LogP contribution in [0.3, 0.4) is 0 Å². The molecule has 2 aliphatic rings. The molecule has 4 aromatic rings. The Balaban J connectivity index is 1.22. The van der Waals surface area contributed by atoms with Crippen molar-refractivity contribution in [1.29, 1.82) is 0 Å². The van der Waals surface area contributed by atoms with Crippen LogP contribution >= 0.6 is 0 Å². The molecule has 43 heavy (non-hydrogen) atoms. The average Bonchev–Trinajstić information content (AvgIpc) is 3.68. The molecule has 6 rings (SSSR count). The van der Waals surface area contributed by atoms with Gasteiger partial charge in [-0.1, -0.05) is 12.1 Å². The van der Waals surface area contributed by atoms with Gasteiger partial charge in [-0.15, -0.1) is 0 Å². The lowest BCUT2D eigenvalue weighted by Crippen LogP contribution is -2.47. The minimum atomic E-state index is -3.86. The molecular weight excluding hydrogens is 577 g/mol. The van der Waals surface area contributed by atoms with Gasteiger partial charge >= 0.3 is 0 Å². The molecule has 1 saturated heterocycles. The molecule has 222 valence electrons. The highest BCUT2D eigenvalue weighted by Gasteiger charge is 2.41. The van der Waals surface area contributed by atoms with Gasteiger partial charge in [0.1, 0.15) is 18.8 Å². The summed E-state index contributed by atoms with van der Waals surface area (Å²) >= 11 is 0. The number of carbonyl (C=O) groups is 3. The summed E-state index contributed by atoms with van der Waals surface area (Å²) in [5.41, 5.74) is 9.52. The van der Waals surface area contributed by atoms with E-state index in [1.165, 1.54) is 23.2 Å². The molecule has 1 aliphatic carbocycles. The van der Waals surface area contributed by atoms with Gasteiger partial charge in [-0.2, -0.15) is 10.2 Å². The van der Waals surface area contributed by atoms with Gasteiger partial charge in [0.05, 0.1) is 35.4 Å². The monoisotopic (exact) mass is 605 g/mol. The van der Waals surface area contributed by atoms with Crippen LogP contribution in [-0.4, -0.2) is 64.6 Å². The van der Waals surface area contributed by atoms with Gasteiger partial charge in [0, 0.05) is 29.1 Å². The maximum atomic E-state index is 14.6. The summed E-state index contributed by atoms with van der Waals surface area (Å²) in [5, 5.41) is 16.4. The average molecular weight is 606 g/mol. The summed E-state index contributed by atoms with van der Waals surface area (Å²) in [4.78, 5) is 40.4. The minimum absolute atomic E-state index is 0.00584. The normalized spacial score (nSPS) is 19.9. The maximum absolute atomic E-state index is 14.6. The van der Waals surface area contributed by atoms with Gasteiger partial charge in [-0.05, 0) is 59.9 Å². The first-order valence-electron chi connectivity index (χ1n) is 13.6. The number of aryl methyl sites for hydroxylation is 1. The number of hydrogen-bond acceptors (Lipinski definition) is 7. The Bertz CT molecular complexity index is 1880. The van der Waals surface area contributed by atoms with E-state index in [-0.39, 0.29) is 30.0 Å². The Labute approximate surface area is 245 Å². The van der Waals surface area contributed by atoms with Crippen LogP contribution in [0, 0.1) is 0 Å². The number of hydrogen-bond donors (Lipinski definition) is 3. The van der Waals surface area contributed by atoms with Crippen molar-refractivity contribution >= 4 is 38.6 Å². The number of aromatic nitrogens is 3. The van der Waals surface area contributed by atoms with Gasteiger partial charge < -0.3 is 20.5 Å². The highest BCUT2D eigenvalue weighted by Crippen LogP contribution is 2.34. The molecule has 3 amide bonds. The molecule has 3 unspecified atom stereocenters. The highest BCUT2D eigenvalue weighted by atomic mass is 32.2. The topological polar surface area (TPSA) is 183 Å². The summed E-state index contributed by atoms with van der Waals surface area (Å²) < 4.78 is 39.6. The molecule has 0 saturated carbocycles. The second-order valence-electron chi connectivity index (χ2n) is 10.8. The van der Waals surface area contributed by atoms with Crippen LogP contribution in [0.4, 0.5) is 4.39 Å². The molecule has 14 heteroatoms. The third kappa shape index (κ3) is 5.46. The molecule has 3 atom stereocenters. The zero-order chi connectivity index (χ0) is 30.5. The molecule has 0 radical (unpaired) electrons. The number of halogens is 1. The van der Waals surface area contributed by atoms with Crippen LogP contribution in [0.1, 0.15) is 40.4 Å². The molecule has 3 heterocycles. The SMILES string of the molecule is NC(=O)c1cn(CC(=O)N2CC(F)CC2C(=O)NC2CCc3cc(S(N)(=O)=O)ccc32)c2ccc(-c3ccnnc3)cc12. The molecule has 2 aromatic carbocycles. The van der Waals surface area contributed by atoms with Gasteiger partial charge in [-0.3, -0.25) is 14.4 Å². The first kappa shape index (κ1) is 28.4. The first-order chi connectivity index (χ1) is 20.5. The van der Waals surface area contributed by atoms with Crippen molar-refractivity contribution in [2.75, 3.05) is 6.54 Å². The van der Waals surface area contributed by atoms with Gasteiger partial charge in [0.25, 0.3) is 5.91 Å². The van der Waals surface area contributed by atoms with Crippen LogP contribution in [0.2, 0.25) is 0 Å². The van der Waals surface area contributed by atoms with Gasteiger partial charge in [0.2, 0.25) is 21.8 Å². The lowest BCUT2D eigenvalue weighted by atomic mass is 10.0. The third-order valence-corrected chi connectivity index (χ3v) is 8.99. The summed E-state index contributed by atoms with van der Waals surface area (Å²) in [6, 6.07) is 10.2. The summed E-state index contributed by atoms with van der Waals surface area (Å²) in [6.07, 6.45) is 4.15. The predicted molar refractivity (Wildman–Crippen MR) is 154 cm³/mol. The maximum Gasteiger partial charge on any atom is 0.250 e. The van der Waals surface area contributed by atoms with E-state index in [0.717, 1.165) is 22.3 Å². The van der Waals surface area contributed by atoms with Crippen molar-refractivity contribution in [2.24, 2.45) is 10.9 Å². The van der Waals surface area contributed by atoms with Crippen molar-refractivity contribution in [3.8, 4) is 11.1 Å². The summed E-state index contributed by atoms with van der Waals surface area (Å²) in [7, 11) is -3.86. The number of sulfonamides is 1. The number of amides is 3. The second kappa shape index (κ2) is 10.9. The molecule has 12 nitrogen and oxygen atoms in total. The Hall–Kier alpha value is -4.69. The minimum Gasteiger partial charge on any atom is -0.366 e. The lowest BCUT2D eigenvalue weighted by molar-refractivity contribution is -0.139. The Kier molecular flexibility index (Phi) is 7.18. The van der Waals surface area contributed by atoms with E-state index in [1.807, 2.05) is 6.07 Å². The van der Waals surface area contributed by atoms with E-state index >= 15 is 0 Å². The molecule has 1 fully saturated rings. The van der Waals surface area contributed by atoms with E-state index in [2.05, 4.69) is 15.5 Å². The third-order valence-electron chi connectivity index (χ3n) is 8.08. The van der Waals surface area contributed by atoms with E-state index in [0.29, 0.717) is 23.7 Å². The molecular formula is C29H28FN7O5S. The van der Waals surface area contributed by atoms with Crippen LogP contribution in [0.15, 0.2) is 66.0 Å². The zero-order valence-electron chi connectivity index (χ0n) is 22.8. The molecule has 0 spiro atoms. The number of nitrogens with two attached hydrogens (primary N) is 2. The van der Waals surface area contributed by atoms with E-state index in [1.54, 1.807) is 41.2 Å².